The second-order valence-electron chi connectivity index (χ2n) is 5.54. The third-order valence-corrected chi connectivity index (χ3v) is 3.93. The summed E-state index contributed by atoms with van der Waals surface area (Å²) in [7, 11) is 0. The summed E-state index contributed by atoms with van der Waals surface area (Å²) in [5, 5.41) is 22.2. The number of anilines is 1. The molecule has 2 unspecified atom stereocenters. The SMILES string of the molecule is CC1CCCC(CCN(O)c2ccc([O-])cc2)C1. The van der Waals surface area contributed by atoms with E-state index >= 15 is 0 Å². The van der Waals surface area contributed by atoms with E-state index in [0.717, 1.165) is 18.3 Å². The molecule has 0 bridgehead atoms. The molecule has 0 aliphatic heterocycles. The molecule has 2 atom stereocenters. The lowest BCUT2D eigenvalue weighted by Gasteiger charge is -2.28. The van der Waals surface area contributed by atoms with E-state index in [1.807, 2.05) is 0 Å². The van der Waals surface area contributed by atoms with Crippen molar-refractivity contribution in [2.75, 3.05) is 11.6 Å². The van der Waals surface area contributed by atoms with Crippen LogP contribution in [0, 0.1) is 11.8 Å². The van der Waals surface area contributed by atoms with Crippen LogP contribution in [0.3, 0.4) is 0 Å². The van der Waals surface area contributed by atoms with Gasteiger partial charge in [-0.3, -0.25) is 10.3 Å². The van der Waals surface area contributed by atoms with Crippen molar-refractivity contribution in [3.8, 4) is 5.75 Å². The predicted octanol–water partition coefficient (Wildman–Crippen LogP) is 3.17. The summed E-state index contributed by atoms with van der Waals surface area (Å²) in [6, 6.07) is 6.32. The van der Waals surface area contributed by atoms with Crippen molar-refractivity contribution >= 4 is 5.69 Å². The highest BCUT2D eigenvalue weighted by atomic mass is 16.5. The van der Waals surface area contributed by atoms with Gasteiger partial charge in [0.2, 0.25) is 0 Å². The van der Waals surface area contributed by atoms with Gasteiger partial charge < -0.3 is 5.11 Å². The van der Waals surface area contributed by atoms with Crippen molar-refractivity contribution in [3.05, 3.63) is 24.3 Å². The molecule has 0 amide bonds. The zero-order valence-corrected chi connectivity index (χ0v) is 11.0. The zero-order valence-electron chi connectivity index (χ0n) is 11.0. The van der Waals surface area contributed by atoms with E-state index in [9.17, 15) is 10.3 Å². The summed E-state index contributed by atoms with van der Waals surface area (Å²) in [5.41, 5.74) is 0.707. The van der Waals surface area contributed by atoms with Crippen LogP contribution in [0.5, 0.6) is 5.75 Å². The third kappa shape index (κ3) is 3.64. The first-order chi connectivity index (χ1) is 8.65. The molecule has 0 heterocycles. The average Bonchev–Trinajstić information content (AvgIpc) is 2.37. The number of benzene rings is 1. The highest BCUT2D eigenvalue weighted by Crippen LogP contribution is 2.31. The monoisotopic (exact) mass is 248 g/mol. The van der Waals surface area contributed by atoms with Gasteiger partial charge in [-0.05, 0) is 36.8 Å². The molecule has 0 spiro atoms. The number of hydroxylamine groups is 1. The highest BCUT2D eigenvalue weighted by Gasteiger charge is 2.19. The quantitative estimate of drug-likeness (QED) is 0.832. The van der Waals surface area contributed by atoms with Crippen LogP contribution in [0.4, 0.5) is 5.69 Å². The van der Waals surface area contributed by atoms with Gasteiger partial charge >= 0.3 is 0 Å². The van der Waals surface area contributed by atoms with Crippen LogP contribution in [-0.2, 0) is 0 Å². The summed E-state index contributed by atoms with van der Waals surface area (Å²) in [5.74, 6) is 1.55. The maximum atomic E-state index is 11.0. The minimum atomic E-state index is -0.0201. The summed E-state index contributed by atoms with van der Waals surface area (Å²) < 4.78 is 0. The van der Waals surface area contributed by atoms with Gasteiger partial charge in [0.15, 0.2) is 0 Å². The summed E-state index contributed by atoms with van der Waals surface area (Å²) in [6.45, 7) is 2.96. The van der Waals surface area contributed by atoms with Crippen molar-refractivity contribution in [1.29, 1.82) is 0 Å². The van der Waals surface area contributed by atoms with Crippen molar-refractivity contribution in [1.82, 2.24) is 0 Å². The Morgan fingerprint density at radius 1 is 1.28 bits per heavy atom. The Labute approximate surface area is 109 Å². The molecule has 1 N–H and O–H groups in total. The van der Waals surface area contributed by atoms with E-state index in [4.69, 9.17) is 0 Å². The van der Waals surface area contributed by atoms with Crippen LogP contribution in [0.15, 0.2) is 24.3 Å². The summed E-state index contributed by atoms with van der Waals surface area (Å²) in [4.78, 5) is 0. The van der Waals surface area contributed by atoms with Gasteiger partial charge in [0.1, 0.15) is 0 Å². The van der Waals surface area contributed by atoms with Gasteiger partial charge in [0.25, 0.3) is 0 Å². The number of rotatable bonds is 4. The van der Waals surface area contributed by atoms with Crippen molar-refractivity contribution in [3.63, 3.8) is 0 Å². The lowest BCUT2D eigenvalue weighted by atomic mass is 9.81. The van der Waals surface area contributed by atoms with Crippen LogP contribution in [0.2, 0.25) is 0 Å². The molecular formula is C15H22NO2-. The lowest BCUT2D eigenvalue weighted by Crippen LogP contribution is -2.23. The van der Waals surface area contributed by atoms with Crippen LogP contribution < -0.4 is 10.2 Å². The second kappa shape index (κ2) is 6.10. The molecule has 0 aromatic heterocycles. The number of hydrogen-bond acceptors (Lipinski definition) is 3. The zero-order chi connectivity index (χ0) is 13.0. The van der Waals surface area contributed by atoms with E-state index in [1.54, 1.807) is 12.1 Å². The van der Waals surface area contributed by atoms with E-state index in [1.165, 1.54) is 42.9 Å². The van der Waals surface area contributed by atoms with Crippen LogP contribution in [0.25, 0.3) is 0 Å². The van der Waals surface area contributed by atoms with Gasteiger partial charge in [-0.25, -0.2) is 0 Å². The smallest absolute Gasteiger partial charge is 0.0633 e. The fourth-order valence-corrected chi connectivity index (χ4v) is 2.87. The first kappa shape index (κ1) is 13.2. The number of nitrogens with zero attached hydrogens (tertiary/aromatic N) is 1. The van der Waals surface area contributed by atoms with Crippen molar-refractivity contribution in [2.45, 2.75) is 39.0 Å². The Morgan fingerprint density at radius 2 is 2.00 bits per heavy atom. The van der Waals surface area contributed by atoms with Gasteiger partial charge in [0.05, 0.1) is 5.69 Å². The molecule has 0 radical (unpaired) electrons. The Morgan fingerprint density at radius 3 is 2.67 bits per heavy atom. The highest BCUT2D eigenvalue weighted by molar-refractivity contribution is 5.45. The van der Waals surface area contributed by atoms with Crippen LogP contribution >= 0.6 is 0 Å². The van der Waals surface area contributed by atoms with Crippen molar-refractivity contribution in [2.24, 2.45) is 11.8 Å². The number of hydrogen-bond donors (Lipinski definition) is 1. The maximum absolute atomic E-state index is 11.0. The molecule has 1 saturated carbocycles. The maximum Gasteiger partial charge on any atom is 0.0633 e. The molecule has 1 aromatic carbocycles. The molecule has 1 aliphatic rings. The first-order valence-electron chi connectivity index (χ1n) is 6.88. The Bertz CT molecular complexity index is 363. The molecule has 18 heavy (non-hydrogen) atoms. The minimum Gasteiger partial charge on any atom is -0.872 e. The largest absolute Gasteiger partial charge is 0.872 e. The van der Waals surface area contributed by atoms with E-state index in [-0.39, 0.29) is 5.75 Å². The average molecular weight is 248 g/mol. The van der Waals surface area contributed by atoms with E-state index in [2.05, 4.69) is 6.92 Å². The second-order valence-corrected chi connectivity index (χ2v) is 5.54. The fraction of sp³-hybridized carbons (Fsp3) is 0.600. The van der Waals surface area contributed by atoms with Crippen molar-refractivity contribution < 1.29 is 10.3 Å². The third-order valence-electron chi connectivity index (χ3n) is 3.93. The molecule has 3 nitrogen and oxygen atoms in total. The summed E-state index contributed by atoms with van der Waals surface area (Å²) >= 11 is 0. The Hall–Kier alpha value is -1.22. The molecule has 1 aliphatic carbocycles. The molecule has 1 aromatic rings. The molecule has 100 valence electrons. The van der Waals surface area contributed by atoms with Gasteiger partial charge in [-0.15, -0.1) is 5.75 Å². The Kier molecular flexibility index (Phi) is 4.48. The molecule has 3 heteroatoms. The van der Waals surface area contributed by atoms with Gasteiger partial charge in [-0.1, -0.05) is 38.3 Å². The standard InChI is InChI=1S/C15H23NO2/c1-12-3-2-4-13(11-12)9-10-16(18)14-5-7-15(17)8-6-14/h5-8,12-13,17-18H,2-4,9-11H2,1H3/p-1. The predicted molar refractivity (Wildman–Crippen MR) is 70.8 cm³/mol. The Balaban J connectivity index is 1.80. The van der Waals surface area contributed by atoms with E-state index < -0.39 is 0 Å². The topological polar surface area (TPSA) is 46.5 Å². The van der Waals surface area contributed by atoms with Gasteiger partial charge in [-0.2, -0.15) is 0 Å². The lowest BCUT2D eigenvalue weighted by molar-refractivity contribution is -0.268. The summed E-state index contributed by atoms with van der Waals surface area (Å²) in [6.07, 6.45) is 6.28. The van der Waals surface area contributed by atoms with Crippen LogP contribution in [-0.4, -0.2) is 11.8 Å². The minimum absolute atomic E-state index is 0.0201. The van der Waals surface area contributed by atoms with Crippen LogP contribution in [0.1, 0.15) is 39.0 Å². The molecule has 0 saturated heterocycles. The van der Waals surface area contributed by atoms with Gasteiger partial charge in [0, 0.05) is 6.54 Å². The van der Waals surface area contributed by atoms with E-state index in [0.29, 0.717) is 12.2 Å². The molecule has 1 fully saturated rings. The molecule has 2 rings (SSSR count). The molecular weight excluding hydrogens is 226 g/mol. The first-order valence-corrected chi connectivity index (χ1v) is 6.88. The normalized spacial score (nSPS) is 23.9. The fourth-order valence-electron chi connectivity index (χ4n) is 2.87.